The summed E-state index contributed by atoms with van der Waals surface area (Å²) < 4.78 is 27.5. The molecule has 0 fully saturated rings. The van der Waals surface area contributed by atoms with Gasteiger partial charge in [0.2, 0.25) is 0 Å². The van der Waals surface area contributed by atoms with Crippen LogP contribution in [-0.4, -0.2) is 21.4 Å². The first-order valence-corrected chi connectivity index (χ1v) is 11.2. The fourth-order valence-electron chi connectivity index (χ4n) is 3.38. The summed E-state index contributed by atoms with van der Waals surface area (Å²) in [6.45, 7) is 1.94. The summed E-state index contributed by atoms with van der Waals surface area (Å²) in [7, 11) is -2.31. The summed E-state index contributed by atoms with van der Waals surface area (Å²) in [6.07, 6.45) is 0. The van der Waals surface area contributed by atoms with Gasteiger partial charge in [-0.2, -0.15) is 0 Å². The number of carbonyl (C=O) groups excluding carboxylic acids is 1. The van der Waals surface area contributed by atoms with Crippen molar-refractivity contribution >= 4 is 38.1 Å². The van der Waals surface area contributed by atoms with Crippen LogP contribution in [0.25, 0.3) is 10.8 Å². The largest absolute Gasteiger partial charge is 0.321 e. The number of amides is 1. The van der Waals surface area contributed by atoms with E-state index in [4.69, 9.17) is 0 Å². The lowest BCUT2D eigenvalue weighted by atomic mass is 10.1. The predicted octanol–water partition coefficient (Wildman–Crippen LogP) is 5.23. The minimum Gasteiger partial charge on any atom is -0.321 e. The Morgan fingerprint density at radius 2 is 1.52 bits per heavy atom. The van der Waals surface area contributed by atoms with Crippen molar-refractivity contribution in [3.05, 3.63) is 102 Å². The van der Waals surface area contributed by atoms with Crippen LogP contribution in [0.3, 0.4) is 0 Å². The summed E-state index contributed by atoms with van der Waals surface area (Å²) in [5, 5.41) is 4.83. The maximum Gasteiger partial charge on any atom is 0.264 e. The van der Waals surface area contributed by atoms with E-state index < -0.39 is 10.0 Å². The van der Waals surface area contributed by atoms with Crippen molar-refractivity contribution in [2.24, 2.45) is 0 Å². The number of aryl methyl sites for hydroxylation is 1. The highest BCUT2D eigenvalue weighted by Gasteiger charge is 2.22. The first-order chi connectivity index (χ1) is 14.9. The van der Waals surface area contributed by atoms with Crippen LogP contribution in [0, 0.1) is 6.92 Å². The maximum absolute atomic E-state index is 13.1. The number of nitrogens with one attached hydrogen (secondary N) is 1. The Hall–Kier alpha value is -3.64. The van der Waals surface area contributed by atoms with E-state index in [2.05, 4.69) is 5.32 Å². The number of sulfonamides is 1. The molecular weight excluding hydrogens is 408 g/mol. The molecule has 0 aromatic heterocycles. The lowest BCUT2D eigenvalue weighted by Crippen LogP contribution is -2.26. The molecule has 5 nitrogen and oxygen atoms in total. The molecule has 6 heteroatoms. The van der Waals surface area contributed by atoms with E-state index in [0.717, 1.165) is 16.3 Å². The van der Waals surface area contributed by atoms with Crippen molar-refractivity contribution in [1.29, 1.82) is 0 Å². The van der Waals surface area contributed by atoms with Crippen molar-refractivity contribution in [2.75, 3.05) is 16.7 Å². The molecule has 0 bridgehead atoms. The molecule has 0 saturated carbocycles. The van der Waals surface area contributed by atoms with Crippen LogP contribution in [-0.2, 0) is 10.0 Å². The van der Waals surface area contributed by atoms with Gasteiger partial charge in [-0.25, -0.2) is 8.42 Å². The van der Waals surface area contributed by atoms with Gasteiger partial charge in [-0.05, 0) is 48.7 Å². The molecule has 156 valence electrons. The second-order valence-corrected chi connectivity index (χ2v) is 9.29. The van der Waals surface area contributed by atoms with Crippen LogP contribution in [0.4, 0.5) is 11.4 Å². The molecule has 0 aliphatic rings. The number of carbonyl (C=O) groups is 1. The van der Waals surface area contributed by atoms with Crippen molar-refractivity contribution in [2.45, 2.75) is 11.8 Å². The molecule has 0 spiro atoms. The third kappa shape index (κ3) is 4.15. The Morgan fingerprint density at radius 1 is 0.839 bits per heavy atom. The van der Waals surface area contributed by atoms with Gasteiger partial charge in [0.05, 0.1) is 10.6 Å². The van der Waals surface area contributed by atoms with Crippen LogP contribution < -0.4 is 9.62 Å². The average Bonchev–Trinajstić information content (AvgIpc) is 2.79. The van der Waals surface area contributed by atoms with Gasteiger partial charge >= 0.3 is 0 Å². The number of anilines is 2. The quantitative estimate of drug-likeness (QED) is 0.472. The van der Waals surface area contributed by atoms with Crippen molar-refractivity contribution in [3.63, 3.8) is 0 Å². The number of benzene rings is 4. The van der Waals surface area contributed by atoms with Crippen molar-refractivity contribution < 1.29 is 13.2 Å². The standard InChI is InChI=1S/C25H22N2O3S/c1-18-13-15-21(16-14-18)27(2)31(29,30)22-10-5-9-20(17-22)25(28)26-24-12-6-8-19-7-3-4-11-23(19)24/h3-17H,1-2H3,(H,26,28). The Balaban J connectivity index is 1.63. The first-order valence-electron chi connectivity index (χ1n) is 9.81. The molecule has 1 N–H and O–H groups in total. The normalized spacial score (nSPS) is 11.3. The molecule has 0 saturated heterocycles. The van der Waals surface area contributed by atoms with E-state index in [-0.39, 0.29) is 16.4 Å². The van der Waals surface area contributed by atoms with Gasteiger partial charge in [-0.3, -0.25) is 9.10 Å². The van der Waals surface area contributed by atoms with Crippen LogP contribution in [0.5, 0.6) is 0 Å². The summed E-state index contributed by atoms with van der Waals surface area (Å²) in [6, 6.07) is 26.7. The third-order valence-corrected chi connectivity index (χ3v) is 6.97. The molecule has 4 rings (SSSR count). The summed E-state index contributed by atoms with van der Waals surface area (Å²) in [5.74, 6) is -0.369. The van der Waals surface area contributed by atoms with Crippen LogP contribution in [0.15, 0.2) is 95.9 Å². The molecule has 0 unspecified atom stereocenters. The maximum atomic E-state index is 13.1. The van der Waals surface area contributed by atoms with Gasteiger partial charge in [0.15, 0.2) is 0 Å². The minimum absolute atomic E-state index is 0.0566. The monoisotopic (exact) mass is 430 g/mol. The van der Waals surface area contributed by atoms with Gasteiger partial charge < -0.3 is 5.32 Å². The summed E-state index contributed by atoms with van der Waals surface area (Å²) >= 11 is 0. The summed E-state index contributed by atoms with van der Waals surface area (Å²) in [5.41, 5.74) is 2.54. The van der Waals surface area contributed by atoms with E-state index in [1.807, 2.05) is 61.5 Å². The molecule has 4 aromatic carbocycles. The number of rotatable bonds is 5. The van der Waals surface area contributed by atoms with Gasteiger partial charge in [0, 0.05) is 23.7 Å². The van der Waals surface area contributed by atoms with E-state index in [1.54, 1.807) is 24.3 Å². The fraction of sp³-hybridized carbons (Fsp3) is 0.0800. The molecule has 0 aliphatic carbocycles. The zero-order valence-electron chi connectivity index (χ0n) is 17.2. The van der Waals surface area contributed by atoms with Gasteiger partial charge in [-0.1, -0.05) is 60.2 Å². The number of nitrogens with zero attached hydrogens (tertiary/aromatic N) is 1. The Labute approximate surface area is 182 Å². The Bertz CT molecular complexity index is 1360. The zero-order chi connectivity index (χ0) is 22.0. The smallest absolute Gasteiger partial charge is 0.264 e. The highest BCUT2D eigenvalue weighted by atomic mass is 32.2. The van der Waals surface area contributed by atoms with E-state index in [0.29, 0.717) is 11.4 Å². The van der Waals surface area contributed by atoms with Gasteiger partial charge in [0.1, 0.15) is 0 Å². The van der Waals surface area contributed by atoms with E-state index in [9.17, 15) is 13.2 Å². The molecule has 0 atom stereocenters. The van der Waals surface area contributed by atoms with Crippen molar-refractivity contribution in [1.82, 2.24) is 0 Å². The third-order valence-electron chi connectivity index (χ3n) is 5.19. The SMILES string of the molecule is Cc1ccc(N(C)S(=O)(=O)c2cccc(C(=O)Nc3cccc4ccccc34)c2)cc1. The zero-order valence-corrected chi connectivity index (χ0v) is 18.1. The molecule has 31 heavy (non-hydrogen) atoms. The first kappa shape index (κ1) is 20.6. The topological polar surface area (TPSA) is 66.5 Å². The number of fused-ring (bicyclic) bond motifs is 1. The Morgan fingerprint density at radius 3 is 2.29 bits per heavy atom. The fourth-order valence-corrected chi connectivity index (χ4v) is 4.62. The van der Waals surface area contributed by atoms with Crippen LogP contribution >= 0.6 is 0 Å². The van der Waals surface area contributed by atoms with Gasteiger partial charge in [0.25, 0.3) is 15.9 Å². The molecule has 0 radical (unpaired) electrons. The molecular formula is C25H22N2O3S. The molecule has 1 amide bonds. The lowest BCUT2D eigenvalue weighted by molar-refractivity contribution is 0.102. The van der Waals surface area contributed by atoms with E-state index in [1.165, 1.54) is 23.5 Å². The highest BCUT2D eigenvalue weighted by Crippen LogP contribution is 2.25. The minimum atomic E-state index is -3.82. The van der Waals surface area contributed by atoms with Crippen molar-refractivity contribution in [3.8, 4) is 0 Å². The molecule has 0 heterocycles. The lowest BCUT2D eigenvalue weighted by Gasteiger charge is -2.20. The van der Waals surface area contributed by atoms with Gasteiger partial charge in [-0.15, -0.1) is 0 Å². The predicted molar refractivity (Wildman–Crippen MR) is 125 cm³/mol. The molecule has 4 aromatic rings. The highest BCUT2D eigenvalue weighted by molar-refractivity contribution is 7.92. The average molecular weight is 431 g/mol. The second-order valence-electron chi connectivity index (χ2n) is 7.32. The van der Waals surface area contributed by atoms with Crippen LogP contribution in [0.1, 0.15) is 15.9 Å². The number of hydrogen-bond acceptors (Lipinski definition) is 3. The van der Waals surface area contributed by atoms with E-state index >= 15 is 0 Å². The summed E-state index contributed by atoms with van der Waals surface area (Å²) in [4.78, 5) is 13.0. The number of hydrogen-bond donors (Lipinski definition) is 1. The second kappa shape index (κ2) is 8.24. The van der Waals surface area contributed by atoms with Crippen LogP contribution in [0.2, 0.25) is 0 Å². The molecule has 0 aliphatic heterocycles. The Kier molecular flexibility index (Phi) is 5.48.